The smallest absolute Gasteiger partial charge is 0.220 e. The van der Waals surface area contributed by atoms with Gasteiger partial charge in [0.15, 0.2) is 0 Å². The molecule has 0 amide bonds. The van der Waals surface area contributed by atoms with Crippen LogP contribution in [-0.4, -0.2) is 15.9 Å². The van der Waals surface area contributed by atoms with Gasteiger partial charge in [0.05, 0.1) is 0 Å². The SMILES string of the molecule is Fc1ncccc1-c1cccc2c1CC(N(Cc1ccccc1)Cc1ccccc1)CC2. The molecule has 1 aromatic heterocycles. The molecule has 160 valence electrons. The molecule has 3 heteroatoms. The topological polar surface area (TPSA) is 16.1 Å². The molecule has 0 aliphatic heterocycles. The summed E-state index contributed by atoms with van der Waals surface area (Å²) in [6, 6.07) is 31.7. The second kappa shape index (κ2) is 9.46. The lowest BCUT2D eigenvalue weighted by molar-refractivity contribution is 0.162. The Labute approximate surface area is 189 Å². The van der Waals surface area contributed by atoms with Crippen molar-refractivity contribution in [1.82, 2.24) is 9.88 Å². The summed E-state index contributed by atoms with van der Waals surface area (Å²) in [6.07, 6.45) is 4.54. The molecule has 0 bridgehead atoms. The highest BCUT2D eigenvalue weighted by Gasteiger charge is 2.27. The third-order valence-corrected chi connectivity index (χ3v) is 6.48. The number of benzene rings is 3. The molecule has 3 aromatic carbocycles. The standard InChI is InChI=1S/C29H27FN2/c30-29-27(15-8-18-31-29)26-14-7-13-24-16-17-25(19-28(24)26)32(20-22-9-3-1-4-10-22)21-23-11-5-2-6-12-23/h1-15,18,25H,16-17,19-21H2. The first-order valence-corrected chi connectivity index (χ1v) is 11.3. The van der Waals surface area contributed by atoms with Crippen molar-refractivity contribution in [2.75, 3.05) is 0 Å². The van der Waals surface area contributed by atoms with E-state index in [0.29, 0.717) is 11.6 Å². The van der Waals surface area contributed by atoms with Crippen molar-refractivity contribution in [2.45, 2.75) is 38.4 Å². The van der Waals surface area contributed by atoms with Gasteiger partial charge in [-0.05, 0) is 59.2 Å². The lowest BCUT2D eigenvalue weighted by atomic mass is 9.83. The Balaban J connectivity index is 1.47. The summed E-state index contributed by atoms with van der Waals surface area (Å²) in [6.45, 7) is 1.80. The maximum absolute atomic E-state index is 14.6. The van der Waals surface area contributed by atoms with Crippen LogP contribution >= 0.6 is 0 Å². The molecule has 1 aliphatic carbocycles. The number of aryl methyl sites for hydroxylation is 1. The van der Waals surface area contributed by atoms with E-state index in [4.69, 9.17) is 0 Å². The fourth-order valence-electron chi connectivity index (χ4n) is 4.87. The van der Waals surface area contributed by atoms with Gasteiger partial charge in [-0.15, -0.1) is 0 Å². The van der Waals surface area contributed by atoms with E-state index in [1.807, 2.05) is 24.3 Å². The predicted octanol–water partition coefficient (Wildman–Crippen LogP) is 6.45. The molecule has 0 radical (unpaired) electrons. The van der Waals surface area contributed by atoms with E-state index in [2.05, 4.69) is 76.6 Å². The van der Waals surface area contributed by atoms with Crippen LogP contribution in [0, 0.1) is 5.95 Å². The van der Waals surface area contributed by atoms with E-state index in [0.717, 1.165) is 37.9 Å². The first-order chi connectivity index (χ1) is 15.8. The van der Waals surface area contributed by atoms with E-state index in [-0.39, 0.29) is 0 Å². The molecule has 4 aromatic rings. The minimum absolute atomic E-state index is 0.392. The largest absolute Gasteiger partial charge is 0.292 e. The number of hydrogen-bond acceptors (Lipinski definition) is 2. The Bertz CT molecular complexity index is 1130. The average Bonchev–Trinajstić information content (AvgIpc) is 2.85. The number of aromatic nitrogens is 1. The van der Waals surface area contributed by atoms with Crippen molar-refractivity contribution < 1.29 is 4.39 Å². The summed E-state index contributed by atoms with van der Waals surface area (Å²) in [5, 5.41) is 0. The quantitative estimate of drug-likeness (QED) is 0.332. The fraction of sp³-hybridized carbons (Fsp3) is 0.207. The maximum Gasteiger partial charge on any atom is 0.220 e. The van der Waals surface area contributed by atoms with Crippen LogP contribution < -0.4 is 0 Å². The monoisotopic (exact) mass is 422 g/mol. The van der Waals surface area contributed by atoms with E-state index < -0.39 is 5.95 Å². The molecule has 1 aliphatic rings. The van der Waals surface area contributed by atoms with Gasteiger partial charge < -0.3 is 0 Å². The Hall–Kier alpha value is -3.30. The zero-order valence-electron chi connectivity index (χ0n) is 18.1. The Morgan fingerprint density at radius 2 is 1.41 bits per heavy atom. The van der Waals surface area contributed by atoms with Gasteiger partial charge in [0.25, 0.3) is 0 Å². The molecule has 0 N–H and O–H groups in total. The number of fused-ring (bicyclic) bond motifs is 1. The number of rotatable bonds is 6. The molecule has 1 heterocycles. The van der Waals surface area contributed by atoms with E-state index in [1.165, 1.54) is 28.5 Å². The Morgan fingerprint density at radius 1 is 0.750 bits per heavy atom. The lowest BCUT2D eigenvalue weighted by Crippen LogP contribution is -2.38. The molecular weight excluding hydrogens is 395 g/mol. The lowest BCUT2D eigenvalue weighted by Gasteiger charge is -2.36. The molecule has 0 saturated heterocycles. The van der Waals surface area contributed by atoms with Crippen LogP contribution in [0.15, 0.2) is 97.2 Å². The summed E-state index contributed by atoms with van der Waals surface area (Å²) in [5.74, 6) is -0.395. The van der Waals surface area contributed by atoms with E-state index in [1.54, 1.807) is 0 Å². The zero-order chi connectivity index (χ0) is 21.8. The first-order valence-electron chi connectivity index (χ1n) is 11.3. The number of halogens is 1. The van der Waals surface area contributed by atoms with Gasteiger partial charge in [-0.1, -0.05) is 78.9 Å². The Kier molecular flexibility index (Phi) is 6.09. The van der Waals surface area contributed by atoms with Crippen molar-refractivity contribution in [2.24, 2.45) is 0 Å². The van der Waals surface area contributed by atoms with Crippen molar-refractivity contribution in [1.29, 1.82) is 0 Å². The average molecular weight is 423 g/mol. The fourth-order valence-corrected chi connectivity index (χ4v) is 4.87. The van der Waals surface area contributed by atoms with Crippen LogP contribution in [0.25, 0.3) is 11.1 Å². The molecule has 0 spiro atoms. The second-order valence-electron chi connectivity index (χ2n) is 8.56. The van der Waals surface area contributed by atoms with Crippen molar-refractivity contribution in [3.05, 3.63) is 125 Å². The van der Waals surface area contributed by atoms with Gasteiger partial charge in [-0.2, -0.15) is 4.39 Å². The van der Waals surface area contributed by atoms with Gasteiger partial charge in [0.1, 0.15) is 0 Å². The summed E-state index contributed by atoms with van der Waals surface area (Å²) in [7, 11) is 0. The van der Waals surface area contributed by atoms with Crippen LogP contribution in [0.4, 0.5) is 4.39 Å². The van der Waals surface area contributed by atoms with Crippen LogP contribution in [0.5, 0.6) is 0 Å². The zero-order valence-corrected chi connectivity index (χ0v) is 18.1. The minimum Gasteiger partial charge on any atom is -0.292 e. The van der Waals surface area contributed by atoms with Gasteiger partial charge in [0, 0.05) is 30.9 Å². The van der Waals surface area contributed by atoms with Crippen LogP contribution in [0.1, 0.15) is 28.7 Å². The highest BCUT2D eigenvalue weighted by molar-refractivity contribution is 5.69. The first kappa shape index (κ1) is 20.6. The molecule has 0 saturated carbocycles. The number of nitrogens with zero attached hydrogens (tertiary/aromatic N) is 2. The van der Waals surface area contributed by atoms with Crippen LogP contribution in [0.2, 0.25) is 0 Å². The highest BCUT2D eigenvalue weighted by atomic mass is 19.1. The van der Waals surface area contributed by atoms with E-state index in [9.17, 15) is 4.39 Å². The molecule has 2 nitrogen and oxygen atoms in total. The van der Waals surface area contributed by atoms with Gasteiger partial charge in [-0.25, -0.2) is 4.98 Å². The molecule has 5 rings (SSSR count). The predicted molar refractivity (Wildman–Crippen MR) is 128 cm³/mol. The molecule has 1 unspecified atom stereocenters. The molecule has 0 fully saturated rings. The Morgan fingerprint density at radius 3 is 2.06 bits per heavy atom. The van der Waals surface area contributed by atoms with Crippen LogP contribution in [-0.2, 0) is 25.9 Å². The van der Waals surface area contributed by atoms with Gasteiger partial charge >= 0.3 is 0 Å². The molecular formula is C29H27FN2. The normalized spacial score (nSPS) is 15.5. The second-order valence-corrected chi connectivity index (χ2v) is 8.56. The minimum atomic E-state index is -0.395. The summed E-state index contributed by atoms with van der Waals surface area (Å²) >= 11 is 0. The van der Waals surface area contributed by atoms with Crippen molar-refractivity contribution in [3.63, 3.8) is 0 Å². The van der Waals surface area contributed by atoms with E-state index >= 15 is 0 Å². The van der Waals surface area contributed by atoms with Gasteiger partial charge in [0.2, 0.25) is 5.95 Å². The summed E-state index contributed by atoms with van der Waals surface area (Å²) in [4.78, 5) is 6.48. The molecule has 1 atom stereocenters. The summed E-state index contributed by atoms with van der Waals surface area (Å²) in [5.41, 5.74) is 6.82. The highest BCUT2D eigenvalue weighted by Crippen LogP contribution is 2.34. The molecule has 32 heavy (non-hydrogen) atoms. The van der Waals surface area contributed by atoms with Crippen molar-refractivity contribution >= 4 is 0 Å². The number of pyridine rings is 1. The third-order valence-electron chi connectivity index (χ3n) is 6.48. The maximum atomic E-state index is 14.6. The third kappa shape index (κ3) is 4.49. The van der Waals surface area contributed by atoms with Gasteiger partial charge in [-0.3, -0.25) is 4.90 Å². The van der Waals surface area contributed by atoms with Crippen molar-refractivity contribution in [3.8, 4) is 11.1 Å². The van der Waals surface area contributed by atoms with Crippen LogP contribution in [0.3, 0.4) is 0 Å². The summed E-state index contributed by atoms with van der Waals surface area (Å²) < 4.78 is 14.6. The number of hydrogen-bond donors (Lipinski definition) is 0.